The molecule has 0 aliphatic carbocycles. The largest absolute Gasteiger partial charge is 0.487 e. The number of carbonyl (C=O) groups excluding carboxylic acids is 1. The highest BCUT2D eigenvalue weighted by Crippen LogP contribution is 2.43. The van der Waals surface area contributed by atoms with Crippen LogP contribution >= 0.6 is 0 Å². The number of hydrogen-bond acceptors (Lipinski definition) is 5. The Labute approximate surface area is 208 Å². The van der Waals surface area contributed by atoms with Crippen molar-refractivity contribution in [2.45, 2.75) is 83.4 Å². The average molecular weight is 499 g/mol. The molecule has 0 spiro atoms. The smallest absolute Gasteiger partial charge is 0.414 e. The number of carbonyl (C=O) groups is 1. The van der Waals surface area contributed by atoms with Crippen molar-refractivity contribution < 1.29 is 22.7 Å². The minimum atomic E-state index is -3.69. The molecule has 0 bridgehead atoms. The molecule has 7 nitrogen and oxygen atoms in total. The van der Waals surface area contributed by atoms with Crippen LogP contribution in [0.4, 0.5) is 10.5 Å². The molecule has 3 heterocycles. The summed E-state index contributed by atoms with van der Waals surface area (Å²) in [6.45, 7) is 10.9. The zero-order valence-corrected chi connectivity index (χ0v) is 22.0. The number of amides is 1. The van der Waals surface area contributed by atoms with E-state index in [1.165, 1.54) is 0 Å². The fourth-order valence-corrected chi connectivity index (χ4v) is 7.73. The summed E-state index contributed by atoms with van der Waals surface area (Å²) in [4.78, 5) is 14.7. The normalized spacial score (nSPS) is 20.6. The first-order chi connectivity index (χ1) is 16.5. The lowest BCUT2D eigenvalue weighted by atomic mass is 9.88. The Hall–Kier alpha value is -2.58. The molecule has 0 saturated carbocycles. The van der Waals surface area contributed by atoms with Crippen molar-refractivity contribution in [1.29, 1.82) is 0 Å². The minimum absolute atomic E-state index is 0.0986. The van der Waals surface area contributed by atoms with E-state index in [0.717, 1.165) is 52.1 Å². The van der Waals surface area contributed by atoms with E-state index >= 15 is 0 Å². The molecule has 0 unspecified atom stereocenters. The second kappa shape index (κ2) is 8.52. The van der Waals surface area contributed by atoms with Crippen molar-refractivity contribution >= 4 is 21.8 Å². The number of para-hydroxylation sites is 1. The van der Waals surface area contributed by atoms with Crippen LogP contribution in [0.2, 0.25) is 0 Å². The average Bonchev–Trinajstić information content (AvgIpc) is 2.82. The molecular formula is C27H34N2O5S. The molecule has 2 aromatic carbocycles. The number of nitrogens with zero attached hydrogens (tertiary/aromatic N) is 2. The fourth-order valence-electron chi connectivity index (χ4n) is 5.73. The minimum Gasteiger partial charge on any atom is -0.487 e. The van der Waals surface area contributed by atoms with Gasteiger partial charge in [0.1, 0.15) is 18.0 Å². The SMILES string of the molecule is Cc1c(C)c(S(=O)(=O)N2CCC(N3C(=O)OCc4ccccc43)CC2)c(C)c2c1OC(C)(C)CC2. The lowest BCUT2D eigenvalue weighted by Crippen LogP contribution is -2.50. The standard InChI is InChI=1S/C27H34N2O5S/c1-17-18(2)25(19(3)22-10-13-27(4,5)34-24(17)22)35(31,32)28-14-11-21(12-15-28)29-23-9-7-6-8-20(23)16-33-26(29)30/h6-9,21H,10-16H2,1-5H3. The number of anilines is 1. The fraction of sp³-hybridized carbons (Fsp3) is 0.519. The highest BCUT2D eigenvalue weighted by molar-refractivity contribution is 7.89. The Kier molecular flexibility index (Phi) is 5.87. The summed E-state index contributed by atoms with van der Waals surface area (Å²) in [6, 6.07) is 7.65. The van der Waals surface area contributed by atoms with Gasteiger partial charge in [0, 0.05) is 24.7 Å². The zero-order chi connectivity index (χ0) is 25.1. The Morgan fingerprint density at radius 2 is 1.69 bits per heavy atom. The molecule has 0 atom stereocenters. The van der Waals surface area contributed by atoms with E-state index in [0.29, 0.717) is 30.8 Å². The third-order valence-electron chi connectivity index (χ3n) is 7.85. The topological polar surface area (TPSA) is 76.2 Å². The number of piperidine rings is 1. The molecule has 35 heavy (non-hydrogen) atoms. The van der Waals surface area contributed by atoms with Crippen LogP contribution in [-0.4, -0.2) is 43.5 Å². The summed E-state index contributed by atoms with van der Waals surface area (Å²) in [5.41, 5.74) is 5.05. The van der Waals surface area contributed by atoms with Gasteiger partial charge in [-0.25, -0.2) is 13.2 Å². The predicted molar refractivity (Wildman–Crippen MR) is 135 cm³/mol. The van der Waals surface area contributed by atoms with Crippen LogP contribution in [0.3, 0.4) is 0 Å². The van der Waals surface area contributed by atoms with Gasteiger partial charge >= 0.3 is 6.09 Å². The first-order valence-electron chi connectivity index (χ1n) is 12.4. The van der Waals surface area contributed by atoms with Crippen LogP contribution < -0.4 is 9.64 Å². The van der Waals surface area contributed by atoms with E-state index in [1.807, 2.05) is 45.0 Å². The number of fused-ring (bicyclic) bond motifs is 2. The number of ether oxygens (including phenoxy) is 2. The van der Waals surface area contributed by atoms with Gasteiger partial charge < -0.3 is 9.47 Å². The molecule has 1 amide bonds. The Morgan fingerprint density at radius 1 is 1.00 bits per heavy atom. The van der Waals surface area contributed by atoms with Crippen LogP contribution in [0, 0.1) is 20.8 Å². The Balaban J connectivity index is 1.41. The van der Waals surface area contributed by atoms with Crippen LogP contribution in [0.15, 0.2) is 29.2 Å². The van der Waals surface area contributed by atoms with Gasteiger partial charge in [0.2, 0.25) is 10.0 Å². The molecule has 0 N–H and O–H groups in total. The molecule has 3 aliphatic heterocycles. The van der Waals surface area contributed by atoms with Crippen LogP contribution in [0.1, 0.15) is 60.9 Å². The van der Waals surface area contributed by atoms with Crippen molar-refractivity contribution in [2.75, 3.05) is 18.0 Å². The summed E-state index contributed by atoms with van der Waals surface area (Å²) < 4.78 is 41.1. The van der Waals surface area contributed by atoms with Crippen molar-refractivity contribution in [3.8, 4) is 5.75 Å². The van der Waals surface area contributed by atoms with Gasteiger partial charge in [0.25, 0.3) is 0 Å². The molecule has 1 saturated heterocycles. The zero-order valence-electron chi connectivity index (χ0n) is 21.2. The van der Waals surface area contributed by atoms with Gasteiger partial charge in [-0.15, -0.1) is 0 Å². The molecule has 5 rings (SSSR count). The first kappa shape index (κ1) is 24.1. The molecule has 2 aromatic rings. The van der Waals surface area contributed by atoms with Crippen LogP contribution in [0.25, 0.3) is 0 Å². The van der Waals surface area contributed by atoms with E-state index in [9.17, 15) is 13.2 Å². The summed E-state index contributed by atoms with van der Waals surface area (Å²) in [6.07, 6.45) is 2.41. The third kappa shape index (κ3) is 4.00. The van der Waals surface area contributed by atoms with Crippen LogP contribution in [0.5, 0.6) is 5.75 Å². The third-order valence-corrected chi connectivity index (χ3v) is 10.0. The predicted octanol–water partition coefficient (Wildman–Crippen LogP) is 5.03. The summed E-state index contributed by atoms with van der Waals surface area (Å²) >= 11 is 0. The second-order valence-corrected chi connectivity index (χ2v) is 12.4. The second-order valence-electron chi connectivity index (χ2n) is 10.6. The summed E-state index contributed by atoms with van der Waals surface area (Å²) in [5, 5.41) is 0. The van der Waals surface area contributed by atoms with Crippen molar-refractivity contribution in [3.05, 3.63) is 52.1 Å². The lowest BCUT2D eigenvalue weighted by molar-refractivity contribution is 0.0831. The molecular weight excluding hydrogens is 464 g/mol. The van der Waals surface area contributed by atoms with Gasteiger partial charge in [0.15, 0.2) is 0 Å². The highest BCUT2D eigenvalue weighted by atomic mass is 32.2. The molecule has 188 valence electrons. The number of hydrogen-bond donors (Lipinski definition) is 0. The molecule has 0 aromatic heterocycles. The monoisotopic (exact) mass is 498 g/mol. The molecule has 0 radical (unpaired) electrons. The summed E-state index contributed by atoms with van der Waals surface area (Å²) in [7, 11) is -3.69. The van der Waals surface area contributed by atoms with Crippen molar-refractivity contribution in [1.82, 2.24) is 4.31 Å². The van der Waals surface area contributed by atoms with Gasteiger partial charge in [-0.2, -0.15) is 4.31 Å². The van der Waals surface area contributed by atoms with Crippen LogP contribution in [-0.2, 0) is 27.8 Å². The molecule has 8 heteroatoms. The molecule has 3 aliphatic rings. The number of sulfonamides is 1. The van der Waals surface area contributed by atoms with E-state index in [-0.39, 0.29) is 24.3 Å². The Bertz CT molecular complexity index is 1290. The van der Waals surface area contributed by atoms with Gasteiger partial charge in [-0.3, -0.25) is 4.90 Å². The number of rotatable bonds is 3. The van der Waals surface area contributed by atoms with E-state index in [2.05, 4.69) is 13.8 Å². The lowest BCUT2D eigenvalue weighted by Gasteiger charge is -2.40. The van der Waals surface area contributed by atoms with E-state index < -0.39 is 10.0 Å². The Morgan fingerprint density at radius 3 is 2.40 bits per heavy atom. The quantitative estimate of drug-likeness (QED) is 0.594. The number of cyclic esters (lactones) is 1. The number of benzene rings is 2. The summed E-state index contributed by atoms with van der Waals surface area (Å²) in [5.74, 6) is 0.844. The van der Waals surface area contributed by atoms with Gasteiger partial charge in [-0.1, -0.05) is 18.2 Å². The van der Waals surface area contributed by atoms with E-state index in [4.69, 9.17) is 9.47 Å². The van der Waals surface area contributed by atoms with Gasteiger partial charge in [-0.05, 0) is 88.6 Å². The maximum Gasteiger partial charge on any atom is 0.414 e. The maximum absolute atomic E-state index is 13.9. The maximum atomic E-state index is 13.9. The van der Waals surface area contributed by atoms with Crippen molar-refractivity contribution in [2.24, 2.45) is 0 Å². The molecule has 1 fully saturated rings. The van der Waals surface area contributed by atoms with Crippen molar-refractivity contribution in [3.63, 3.8) is 0 Å². The first-order valence-corrected chi connectivity index (χ1v) is 13.8. The van der Waals surface area contributed by atoms with Gasteiger partial charge in [0.05, 0.1) is 10.6 Å². The van der Waals surface area contributed by atoms with E-state index in [1.54, 1.807) is 9.21 Å². The highest BCUT2D eigenvalue weighted by Gasteiger charge is 2.39.